The van der Waals surface area contributed by atoms with Gasteiger partial charge < -0.3 is 4.98 Å². The molecular formula is C9H10ClN3. The summed E-state index contributed by atoms with van der Waals surface area (Å²) in [6.45, 7) is 0. The number of aromatic amines is 1. The van der Waals surface area contributed by atoms with Gasteiger partial charge in [0.15, 0.2) is 0 Å². The van der Waals surface area contributed by atoms with Crippen molar-refractivity contribution >= 4 is 22.6 Å². The highest BCUT2D eigenvalue weighted by molar-refractivity contribution is 6.17. The molecule has 0 unspecified atom stereocenters. The van der Waals surface area contributed by atoms with Crippen LogP contribution in [0.5, 0.6) is 0 Å². The summed E-state index contributed by atoms with van der Waals surface area (Å²) in [7, 11) is 0. The monoisotopic (exact) mass is 195 g/mol. The first-order chi connectivity index (χ1) is 6.40. The van der Waals surface area contributed by atoms with E-state index in [0.29, 0.717) is 5.88 Å². The highest BCUT2D eigenvalue weighted by Gasteiger charge is 2.00. The van der Waals surface area contributed by atoms with Gasteiger partial charge in [-0.15, -0.1) is 11.6 Å². The lowest BCUT2D eigenvalue weighted by atomic mass is 10.3. The van der Waals surface area contributed by atoms with Crippen molar-refractivity contribution in [2.45, 2.75) is 12.8 Å². The molecule has 0 aliphatic heterocycles. The third kappa shape index (κ3) is 1.80. The predicted octanol–water partition coefficient (Wildman–Crippen LogP) is 2.13. The van der Waals surface area contributed by atoms with Gasteiger partial charge in [-0.2, -0.15) is 0 Å². The molecule has 2 aromatic heterocycles. The van der Waals surface area contributed by atoms with Crippen molar-refractivity contribution in [3.05, 3.63) is 24.3 Å². The Kier molecular flexibility index (Phi) is 2.45. The van der Waals surface area contributed by atoms with Crippen LogP contribution in [-0.2, 0) is 6.42 Å². The number of pyridine rings is 1. The normalized spacial score (nSPS) is 10.8. The summed E-state index contributed by atoms with van der Waals surface area (Å²) in [6.07, 6.45) is 5.38. The first kappa shape index (κ1) is 8.51. The SMILES string of the molecule is ClCCCc1nc2ccncc2[nH]1. The van der Waals surface area contributed by atoms with Gasteiger partial charge >= 0.3 is 0 Å². The van der Waals surface area contributed by atoms with E-state index in [9.17, 15) is 0 Å². The van der Waals surface area contributed by atoms with Crippen LogP contribution in [0, 0.1) is 0 Å². The second-order valence-corrected chi connectivity index (χ2v) is 3.25. The minimum absolute atomic E-state index is 0.676. The van der Waals surface area contributed by atoms with E-state index in [2.05, 4.69) is 15.0 Å². The largest absolute Gasteiger partial charge is 0.341 e. The standard InChI is InChI=1S/C9H10ClN3/c10-4-1-2-9-12-7-3-5-11-6-8(7)13-9/h3,5-6H,1-2,4H2,(H,12,13). The van der Waals surface area contributed by atoms with E-state index < -0.39 is 0 Å². The Balaban J connectivity index is 2.28. The summed E-state index contributed by atoms with van der Waals surface area (Å²) < 4.78 is 0. The lowest BCUT2D eigenvalue weighted by Gasteiger charge is -1.89. The zero-order chi connectivity index (χ0) is 9.10. The van der Waals surface area contributed by atoms with Gasteiger partial charge in [-0.1, -0.05) is 0 Å². The van der Waals surface area contributed by atoms with Crippen molar-refractivity contribution in [1.29, 1.82) is 0 Å². The van der Waals surface area contributed by atoms with E-state index in [-0.39, 0.29) is 0 Å². The van der Waals surface area contributed by atoms with Gasteiger partial charge in [0.2, 0.25) is 0 Å². The highest BCUT2D eigenvalue weighted by atomic mass is 35.5. The number of aromatic nitrogens is 3. The van der Waals surface area contributed by atoms with Crippen molar-refractivity contribution in [2.75, 3.05) is 5.88 Å². The highest BCUT2D eigenvalue weighted by Crippen LogP contribution is 2.09. The summed E-state index contributed by atoms with van der Waals surface area (Å²) in [4.78, 5) is 11.6. The number of fused-ring (bicyclic) bond motifs is 1. The molecule has 0 saturated heterocycles. The van der Waals surface area contributed by atoms with Crippen molar-refractivity contribution < 1.29 is 0 Å². The van der Waals surface area contributed by atoms with Crippen LogP contribution in [-0.4, -0.2) is 20.8 Å². The molecule has 0 saturated carbocycles. The summed E-state index contributed by atoms with van der Waals surface area (Å²) in [5.74, 6) is 1.67. The van der Waals surface area contributed by atoms with E-state index in [4.69, 9.17) is 11.6 Å². The van der Waals surface area contributed by atoms with E-state index in [1.165, 1.54) is 0 Å². The van der Waals surface area contributed by atoms with Crippen molar-refractivity contribution in [3.63, 3.8) is 0 Å². The molecule has 13 heavy (non-hydrogen) atoms. The first-order valence-corrected chi connectivity index (χ1v) is 4.78. The van der Waals surface area contributed by atoms with Gasteiger partial charge in [-0.25, -0.2) is 4.98 Å². The molecule has 0 aromatic carbocycles. The van der Waals surface area contributed by atoms with Crippen LogP contribution in [0.2, 0.25) is 0 Å². The topological polar surface area (TPSA) is 41.6 Å². The maximum atomic E-state index is 5.60. The molecule has 0 aliphatic carbocycles. The quantitative estimate of drug-likeness (QED) is 0.763. The summed E-state index contributed by atoms with van der Waals surface area (Å²) in [6, 6.07) is 1.90. The molecule has 3 nitrogen and oxygen atoms in total. The third-order valence-corrected chi connectivity index (χ3v) is 2.15. The second-order valence-electron chi connectivity index (χ2n) is 2.87. The Labute approximate surface area is 81.2 Å². The summed E-state index contributed by atoms with van der Waals surface area (Å²) in [5, 5.41) is 0. The number of rotatable bonds is 3. The molecule has 4 heteroatoms. The molecule has 0 bridgehead atoms. The number of H-pyrrole nitrogens is 1. The molecule has 0 radical (unpaired) electrons. The van der Waals surface area contributed by atoms with Crippen LogP contribution in [0.15, 0.2) is 18.5 Å². The van der Waals surface area contributed by atoms with Crippen LogP contribution < -0.4 is 0 Å². The lowest BCUT2D eigenvalue weighted by molar-refractivity contribution is 0.867. The summed E-state index contributed by atoms with van der Waals surface area (Å²) >= 11 is 5.60. The maximum absolute atomic E-state index is 5.60. The number of hydrogen-bond donors (Lipinski definition) is 1. The van der Waals surface area contributed by atoms with Crippen molar-refractivity contribution in [2.24, 2.45) is 0 Å². The van der Waals surface area contributed by atoms with Gasteiger partial charge in [0, 0.05) is 18.5 Å². The van der Waals surface area contributed by atoms with Gasteiger partial charge in [-0.3, -0.25) is 4.98 Å². The van der Waals surface area contributed by atoms with E-state index in [1.807, 2.05) is 6.07 Å². The third-order valence-electron chi connectivity index (χ3n) is 1.88. The minimum Gasteiger partial charge on any atom is -0.341 e. The molecular weight excluding hydrogens is 186 g/mol. The fourth-order valence-corrected chi connectivity index (χ4v) is 1.40. The molecule has 0 amide bonds. The Morgan fingerprint density at radius 1 is 1.46 bits per heavy atom. The van der Waals surface area contributed by atoms with Gasteiger partial charge in [-0.05, 0) is 12.5 Å². The zero-order valence-electron chi connectivity index (χ0n) is 7.13. The molecule has 0 atom stereocenters. The van der Waals surface area contributed by atoms with E-state index >= 15 is 0 Å². The molecule has 1 N–H and O–H groups in total. The fraction of sp³-hybridized carbons (Fsp3) is 0.333. The minimum atomic E-state index is 0.676. The van der Waals surface area contributed by atoms with Gasteiger partial charge in [0.25, 0.3) is 0 Å². The lowest BCUT2D eigenvalue weighted by Crippen LogP contribution is -1.87. The number of halogens is 1. The Morgan fingerprint density at radius 3 is 3.15 bits per heavy atom. The van der Waals surface area contributed by atoms with Gasteiger partial charge in [0.05, 0.1) is 17.2 Å². The van der Waals surface area contributed by atoms with Crippen LogP contribution in [0.3, 0.4) is 0 Å². The van der Waals surface area contributed by atoms with Gasteiger partial charge in [0.1, 0.15) is 5.82 Å². The second kappa shape index (κ2) is 3.75. The number of imidazole rings is 1. The number of alkyl halides is 1. The van der Waals surface area contributed by atoms with E-state index in [0.717, 1.165) is 29.7 Å². The van der Waals surface area contributed by atoms with Crippen LogP contribution in [0.1, 0.15) is 12.2 Å². The zero-order valence-corrected chi connectivity index (χ0v) is 7.88. The molecule has 0 aliphatic rings. The number of nitrogens with zero attached hydrogens (tertiary/aromatic N) is 2. The molecule has 2 heterocycles. The molecule has 2 aromatic rings. The van der Waals surface area contributed by atoms with Crippen molar-refractivity contribution in [1.82, 2.24) is 15.0 Å². The molecule has 68 valence electrons. The average molecular weight is 196 g/mol. The number of aryl methyl sites for hydroxylation is 1. The van der Waals surface area contributed by atoms with Crippen LogP contribution >= 0.6 is 11.6 Å². The summed E-state index contributed by atoms with van der Waals surface area (Å²) in [5.41, 5.74) is 1.96. The van der Waals surface area contributed by atoms with Crippen LogP contribution in [0.25, 0.3) is 11.0 Å². The van der Waals surface area contributed by atoms with E-state index in [1.54, 1.807) is 12.4 Å². The number of nitrogens with one attached hydrogen (secondary N) is 1. The fourth-order valence-electron chi connectivity index (χ4n) is 1.26. The molecule has 0 fully saturated rings. The Bertz CT molecular complexity index is 363. The number of hydrogen-bond acceptors (Lipinski definition) is 2. The molecule has 2 rings (SSSR count). The first-order valence-electron chi connectivity index (χ1n) is 4.25. The average Bonchev–Trinajstić information content (AvgIpc) is 2.57. The maximum Gasteiger partial charge on any atom is 0.107 e. The van der Waals surface area contributed by atoms with Crippen molar-refractivity contribution in [3.8, 4) is 0 Å². The smallest absolute Gasteiger partial charge is 0.107 e. The van der Waals surface area contributed by atoms with Crippen LogP contribution in [0.4, 0.5) is 0 Å². The molecule has 0 spiro atoms. The predicted molar refractivity (Wildman–Crippen MR) is 52.9 cm³/mol. The Morgan fingerprint density at radius 2 is 2.38 bits per heavy atom. The Hall–Kier alpha value is -1.09.